The van der Waals surface area contributed by atoms with Gasteiger partial charge in [-0.1, -0.05) is 5.16 Å². The lowest BCUT2D eigenvalue weighted by Gasteiger charge is -1.87. The minimum Gasteiger partial charge on any atom is -0.334 e. The quantitative estimate of drug-likeness (QED) is 0.590. The molecule has 5 nitrogen and oxygen atoms in total. The van der Waals surface area contributed by atoms with E-state index in [9.17, 15) is 0 Å². The van der Waals surface area contributed by atoms with Crippen LogP contribution >= 0.6 is 0 Å². The Kier molecular flexibility index (Phi) is 1.33. The van der Waals surface area contributed by atoms with Crippen molar-refractivity contribution in [1.29, 1.82) is 0 Å². The van der Waals surface area contributed by atoms with Gasteiger partial charge in [0, 0.05) is 0 Å². The molecule has 2 heterocycles. The van der Waals surface area contributed by atoms with Gasteiger partial charge in [-0.05, 0) is 6.07 Å². The Morgan fingerprint density at radius 3 is 2.91 bits per heavy atom. The summed E-state index contributed by atoms with van der Waals surface area (Å²) in [6, 6.07) is 1.75. The van der Waals surface area contributed by atoms with E-state index in [4.69, 9.17) is 4.52 Å². The molecule has 2 aromatic rings. The third-order valence-electron chi connectivity index (χ3n) is 1.19. The summed E-state index contributed by atoms with van der Waals surface area (Å²) in [6.07, 6.45) is 4.48. The van der Waals surface area contributed by atoms with Crippen molar-refractivity contribution in [2.75, 3.05) is 0 Å². The van der Waals surface area contributed by atoms with Crippen molar-refractivity contribution in [3.8, 4) is 11.5 Å². The molecule has 0 aromatic carbocycles. The highest BCUT2D eigenvalue weighted by molar-refractivity contribution is 5.48. The summed E-state index contributed by atoms with van der Waals surface area (Å²) in [5, 5.41) is 10.7. The first-order chi connectivity index (χ1) is 5.47. The molecule has 54 valence electrons. The molecular formula is C6H4N4O. The average molecular weight is 148 g/mol. The molecule has 0 aliphatic carbocycles. The predicted octanol–water partition coefficient (Wildman–Crippen LogP) is 0.527. The van der Waals surface area contributed by atoms with Crippen LogP contribution in [0.5, 0.6) is 0 Å². The summed E-state index contributed by atoms with van der Waals surface area (Å²) in [4.78, 5) is 3.84. The van der Waals surface area contributed by atoms with Gasteiger partial charge >= 0.3 is 0 Å². The van der Waals surface area contributed by atoms with Gasteiger partial charge in [-0.2, -0.15) is 15.2 Å². The second-order valence-corrected chi connectivity index (χ2v) is 1.88. The van der Waals surface area contributed by atoms with Crippen LogP contribution in [-0.2, 0) is 0 Å². The van der Waals surface area contributed by atoms with Crippen molar-refractivity contribution in [3.63, 3.8) is 0 Å². The summed E-state index contributed by atoms with van der Waals surface area (Å²) in [6.45, 7) is 0. The minimum atomic E-state index is 0.458. The van der Waals surface area contributed by atoms with E-state index in [1.165, 1.54) is 6.33 Å². The molecule has 0 N–H and O–H groups in total. The molecule has 0 bridgehead atoms. The van der Waals surface area contributed by atoms with Gasteiger partial charge in [0.1, 0.15) is 0 Å². The first-order valence-electron chi connectivity index (χ1n) is 3.00. The first-order valence-corrected chi connectivity index (χ1v) is 3.00. The SMILES string of the molecule is c1cc(-c2ncno2)cnn1. The lowest BCUT2D eigenvalue weighted by atomic mass is 10.3. The Balaban J connectivity index is 2.46. The third kappa shape index (κ3) is 1.07. The Bertz CT molecular complexity index is 318. The van der Waals surface area contributed by atoms with Gasteiger partial charge in [-0.3, -0.25) is 0 Å². The smallest absolute Gasteiger partial charge is 0.259 e. The standard InChI is InChI=1S/C6H4N4O/c1-2-8-9-3-5(1)6-7-4-10-11-6/h1-4H. The summed E-state index contributed by atoms with van der Waals surface area (Å²) < 4.78 is 4.79. The molecule has 11 heavy (non-hydrogen) atoms. The zero-order valence-corrected chi connectivity index (χ0v) is 5.51. The highest BCUT2D eigenvalue weighted by Crippen LogP contribution is 2.11. The molecule has 5 heteroatoms. The van der Waals surface area contributed by atoms with Crippen molar-refractivity contribution < 1.29 is 4.52 Å². The molecule has 0 amide bonds. The normalized spacial score (nSPS) is 9.82. The molecule has 0 fully saturated rings. The van der Waals surface area contributed by atoms with Gasteiger partial charge in [-0.25, -0.2) is 0 Å². The maximum Gasteiger partial charge on any atom is 0.259 e. The van der Waals surface area contributed by atoms with E-state index in [2.05, 4.69) is 20.3 Å². The fourth-order valence-electron chi connectivity index (χ4n) is 0.718. The number of aromatic nitrogens is 4. The molecule has 0 atom stereocenters. The second-order valence-electron chi connectivity index (χ2n) is 1.88. The number of nitrogens with zero attached hydrogens (tertiary/aromatic N) is 4. The van der Waals surface area contributed by atoms with E-state index in [1.807, 2.05) is 0 Å². The predicted molar refractivity (Wildman–Crippen MR) is 35.3 cm³/mol. The summed E-state index contributed by atoms with van der Waals surface area (Å²) in [5.74, 6) is 0.458. The molecule has 0 saturated heterocycles. The fourth-order valence-corrected chi connectivity index (χ4v) is 0.718. The zero-order valence-electron chi connectivity index (χ0n) is 5.51. The van der Waals surface area contributed by atoms with Crippen LogP contribution in [0.4, 0.5) is 0 Å². The topological polar surface area (TPSA) is 64.7 Å². The molecule has 2 rings (SSSR count). The Morgan fingerprint density at radius 1 is 1.27 bits per heavy atom. The van der Waals surface area contributed by atoms with Crippen LogP contribution in [-0.4, -0.2) is 20.3 Å². The molecule has 0 aliphatic heterocycles. The summed E-state index contributed by atoms with van der Waals surface area (Å²) >= 11 is 0. The first kappa shape index (κ1) is 5.96. The van der Waals surface area contributed by atoms with Crippen molar-refractivity contribution >= 4 is 0 Å². The van der Waals surface area contributed by atoms with Crippen molar-refractivity contribution in [2.24, 2.45) is 0 Å². The largest absolute Gasteiger partial charge is 0.334 e. The van der Waals surface area contributed by atoms with E-state index in [0.717, 1.165) is 5.56 Å². The summed E-state index contributed by atoms with van der Waals surface area (Å²) in [5.41, 5.74) is 0.775. The van der Waals surface area contributed by atoms with E-state index < -0.39 is 0 Å². The van der Waals surface area contributed by atoms with Crippen LogP contribution in [0, 0.1) is 0 Å². The highest BCUT2D eigenvalue weighted by atomic mass is 16.5. The van der Waals surface area contributed by atoms with Gasteiger partial charge in [0.2, 0.25) is 0 Å². The van der Waals surface area contributed by atoms with E-state index in [1.54, 1.807) is 18.5 Å². The molecule has 2 aromatic heterocycles. The lowest BCUT2D eigenvalue weighted by Crippen LogP contribution is -1.80. The van der Waals surface area contributed by atoms with Gasteiger partial charge in [0.25, 0.3) is 5.89 Å². The van der Waals surface area contributed by atoms with Gasteiger partial charge in [0.05, 0.1) is 18.0 Å². The molecule has 0 saturated carbocycles. The van der Waals surface area contributed by atoms with Crippen LogP contribution in [0.2, 0.25) is 0 Å². The average Bonchev–Trinajstić information content (AvgIpc) is 2.58. The third-order valence-corrected chi connectivity index (χ3v) is 1.19. The number of hydrogen-bond acceptors (Lipinski definition) is 5. The molecule has 0 aliphatic rings. The van der Waals surface area contributed by atoms with E-state index in [-0.39, 0.29) is 0 Å². The van der Waals surface area contributed by atoms with Crippen LogP contribution in [0.3, 0.4) is 0 Å². The minimum absolute atomic E-state index is 0.458. The summed E-state index contributed by atoms with van der Waals surface area (Å²) in [7, 11) is 0. The number of rotatable bonds is 1. The lowest BCUT2D eigenvalue weighted by molar-refractivity contribution is 0.430. The van der Waals surface area contributed by atoms with Gasteiger partial charge in [-0.15, -0.1) is 0 Å². The van der Waals surface area contributed by atoms with Crippen LogP contribution < -0.4 is 0 Å². The monoisotopic (exact) mass is 148 g/mol. The molecule has 0 radical (unpaired) electrons. The fraction of sp³-hybridized carbons (Fsp3) is 0. The Labute approximate surface area is 62.1 Å². The van der Waals surface area contributed by atoms with Crippen molar-refractivity contribution in [2.45, 2.75) is 0 Å². The van der Waals surface area contributed by atoms with Crippen LogP contribution in [0.1, 0.15) is 0 Å². The molecule has 0 spiro atoms. The van der Waals surface area contributed by atoms with Crippen molar-refractivity contribution in [3.05, 3.63) is 24.8 Å². The Morgan fingerprint density at radius 2 is 2.27 bits per heavy atom. The van der Waals surface area contributed by atoms with Gasteiger partial charge in [0.15, 0.2) is 6.33 Å². The maximum absolute atomic E-state index is 4.79. The molecule has 0 unspecified atom stereocenters. The highest BCUT2D eigenvalue weighted by Gasteiger charge is 2.01. The number of hydrogen-bond donors (Lipinski definition) is 0. The molecular weight excluding hydrogens is 144 g/mol. The van der Waals surface area contributed by atoms with Crippen LogP contribution in [0.15, 0.2) is 29.3 Å². The maximum atomic E-state index is 4.79. The Hall–Kier alpha value is -1.78. The van der Waals surface area contributed by atoms with Gasteiger partial charge < -0.3 is 4.52 Å². The van der Waals surface area contributed by atoms with E-state index in [0.29, 0.717) is 5.89 Å². The van der Waals surface area contributed by atoms with E-state index >= 15 is 0 Å². The van der Waals surface area contributed by atoms with Crippen LogP contribution in [0.25, 0.3) is 11.5 Å². The zero-order chi connectivity index (χ0) is 7.52. The second kappa shape index (κ2) is 2.45. The van der Waals surface area contributed by atoms with Crippen molar-refractivity contribution in [1.82, 2.24) is 20.3 Å².